The number of nitrogens with two attached hydrogens (primary N) is 1. The van der Waals surface area contributed by atoms with E-state index in [1.165, 1.54) is 11.8 Å². The van der Waals surface area contributed by atoms with Crippen molar-refractivity contribution >= 4 is 41.0 Å². The molecule has 4 N–H and O–H groups in total. The van der Waals surface area contributed by atoms with E-state index in [0.717, 1.165) is 12.8 Å². The van der Waals surface area contributed by atoms with Gasteiger partial charge in [-0.05, 0) is 18.6 Å². The van der Waals surface area contributed by atoms with E-state index < -0.39 is 6.03 Å². The molecule has 0 bridgehead atoms. The minimum absolute atomic E-state index is 0.0785. The number of benzene rings is 1. The number of hydrogen-bond donors (Lipinski definition) is 3. The molecule has 3 amide bonds. The summed E-state index contributed by atoms with van der Waals surface area (Å²) in [5.74, 6) is -0.307. The summed E-state index contributed by atoms with van der Waals surface area (Å²) in [5, 5.41) is 5.35. The van der Waals surface area contributed by atoms with Gasteiger partial charge in [0.1, 0.15) is 0 Å². The number of imide groups is 1. The molecular formula is C13H18ClN3O2S. The minimum atomic E-state index is -0.476. The average molecular weight is 316 g/mol. The number of rotatable bonds is 6. The Hall–Kier alpha value is -1.40. The van der Waals surface area contributed by atoms with Crippen molar-refractivity contribution in [1.82, 2.24) is 10.6 Å². The summed E-state index contributed by atoms with van der Waals surface area (Å²) >= 11 is 7.19. The van der Waals surface area contributed by atoms with Crippen molar-refractivity contribution in [2.75, 3.05) is 18.0 Å². The number of nitrogens with one attached hydrogen (secondary N) is 2. The Kier molecular flexibility index (Phi) is 7.25. The average Bonchev–Trinajstić information content (AvgIpc) is 2.38. The van der Waals surface area contributed by atoms with Gasteiger partial charge in [0.05, 0.1) is 10.8 Å². The lowest BCUT2D eigenvalue weighted by molar-refractivity contribution is -0.117. The highest BCUT2D eigenvalue weighted by Crippen LogP contribution is 2.32. The van der Waals surface area contributed by atoms with Crippen LogP contribution in [-0.4, -0.2) is 24.2 Å². The van der Waals surface area contributed by atoms with Crippen molar-refractivity contribution in [3.05, 3.63) is 23.2 Å². The molecule has 0 aromatic heterocycles. The van der Waals surface area contributed by atoms with Gasteiger partial charge in [-0.25, -0.2) is 4.79 Å². The summed E-state index contributed by atoms with van der Waals surface area (Å²) in [6, 6.07) is 4.68. The fourth-order valence-electron chi connectivity index (χ4n) is 1.40. The van der Waals surface area contributed by atoms with Gasteiger partial charge in [0, 0.05) is 17.1 Å². The molecule has 1 aromatic carbocycles. The van der Waals surface area contributed by atoms with E-state index in [9.17, 15) is 9.59 Å². The standard InChI is InChI=1S/C13H18ClN3O2S/c1-2-3-7-16-13(19)17-11(18)8-20-12-9(14)5-4-6-10(12)15/h4-6H,2-3,7-8,15H2,1H3,(H2,16,17,18,19). The van der Waals surface area contributed by atoms with Crippen LogP contribution in [0.1, 0.15) is 19.8 Å². The number of carbonyl (C=O) groups is 2. The van der Waals surface area contributed by atoms with Crippen molar-refractivity contribution < 1.29 is 9.59 Å². The quantitative estimate of drug-likeness (QED) is 0.428. The van der Waals surface area contributed by atoms with Gasteiger partial charge in [-0.1, -0.05) is 31.0 Å². The van der Waals surface area contributed by atoms with Gasteiger partial charge < -0.3 is 11.1 Å². The Labute approximate surface area is 127 Å². The van der Waals surface area contributed by atoms with Crippen LogP contribution in [0.3, 0.4) is 0 Å². The maximum absolute atomic E-state index is 11.6. The van der Waals surface area contributed by atoms with E-state index in [0.29, 0.717) is 22.2 Å². The maximum atomic E-state index is 11.6. The highest BCUT2D eigenvalue weighted by Gasteiger charge is 2.10. The lowest BCUT2D eigenvalue weighted by Gasteiger charge is -2.08. The molecule has 0 aliphatic carbocycles. The third-order valence-corrected chi connectivity index (χ3v) is 3.99. The van der Waals surface area contributed by atoms with Crippen molar-refractivity contribution in [3.8, 4) is 0 Å². The summed E-state index contributed by atoms with van der Waals surface area (Å²) in [7, 11) is 0. The zero-order chi connectivity index (χ0) is 15.0. The van der Waals surface area contributed by atoms with Crippen LogP contribution in [0.2, 0.25) is 5.02 Å². The van der Waals surface area contributed by atoms with E-state index in [1.807, 2.05) is 6.92 Å². The zero-order valence-corrected chi connectivity index (χ0v) is 12.8. The Balaban J connectivity index is 2.38. The first-order valence-electron chi connectivity index (χ1n) is 6.29. The predicted octanol–water partition coefficient (Wildman–Crippen LogP) is 2.64. The Morgan fingerprint density at radius 1 is 1.40 bits per heavy atom. The van der Waals surface area contributed by atoms with Crippen LogP contribution in [0, 0.1) is 0 Å². The molecule has 0 spiro atoms. The fourth-order valence-corrected chi connectivity index (χ4v) is 2.53. The third kappa shape index (κ3) is 5.71. The Morgan fingerprint density at radius 3 is 2.80 bits per heavy atom. The number of halogens is 1. The van der Waals surface area contributed by atoms with Crippen molar-refractivity contribution in [1.29, 1.82) is 0 Å². The normalized spacial score (nSPS) is 10.1. The van der Waals surface area contributed by atoms with Crippen LogP contribution in [0.25, 0.3) is 0 Å². The molecule has 0 unspecified atom stereocenters. The topological polar surface area (TPSA) is 84.2 Å². The van der Waals surface area contributed by atoms with E-state index in [2.05, 4.69) is 10.6 Å². The van der Waals surface area contributed by atoms with Crippen LogP contribution >= 0.6 is 23.4 Å². The molecule has 1 aromatic rings. The van der Waals surface area contributed by atoms with Crippen molar-refractivity contribution in [3.63, 3.8) is 0 Å². The number of hydrogen-bond acceptors (Lipinski definition) is 4. The highest BCUT2D eigenvalue weighted by atomic mass is 35.5. The zero-order valence-electron chi connectivity index (χ0n) is 11.2. The molecule has 5 nitrogen and oxygen atoms in total. The van der Waals surface area contributed by atoms with E-state index >= 15 is 0 Å². The number of anilines is 1. The number of thioether (sulfide) groups is 1. The molecule has 1 rings (SSSR count). The van der Waals surface area contributed by atoms with E-state index in [4.69, 9.17) is 17.3 Å². The van der Waals surface area contributed by atoms with E-state index in [1.54, 1.807) is 18.2 Å². The van der Waals surface area contributed by atoms with Gasteiger partial charge in [-0.15, -0.1) is 11.8 Å². The lowest BCUT2D eigenvalue weighted by atomic mass is 10.3. The third-order valence-electron chi connectivity index (χ3n) is 2.41. The number of nitrogen functional groups attached to an aromatic ring is 1. The number of amides is 3. The van der Waals surface area contributed by atoms with Crippen LogP contribution in [-0.2, 0) is 4.79 Å². The first-order valence-corrected chi connectivity index (χ1v) is 7.65. The Morgan fingerprint density at radius 2 is 2.15 bits per heavy atom. The van der Waals surface area contributed by atoms with Crippen LogP contribution in [0.5, 0.6) is 0 Å². The molecule has 0 aliphatic heterocycles. The molecule has 0 atom stereocenters. The van der Waals surface area contributed by atoms with E-state index in [-0.39, 0.29) is 11.7 Å². The van der Waals surface area contributed by atoms with Crippen LogP contribution in [0.15, 0.2) is 23.1 Å². The summed E-state index contributed by atoms with van der Waals surface area (Å²) in [6.45, 7) is 2.58. The number of carbonyl (C=O) groups excluding carboxylic acids is 2. The fraction of sp³-hybridized carbons (Fsp3) is 0.385. The molecular weight excluding hydrogens is 298 g/mol. The Bertz CT molecular complexity index is 462. The molecule has 0 heterocycles. The number of unbranched alkanes of at least 4 members (excludes halogenated alkanes) is 1. The second-order valence-corrected chi connectivity index (χ2v) is 5.50. The van der Waals surface area contributed by atoms with Gasteiger partial charge >= 0.3 is 6.03 Å². The first-order chi connectivity index (χ1) is 9.54. The van der Waals surface area contributed by atoms with Gasteiger partial charge in [0.25, 0.3) is 0 Å². The van der Waals surface area contributed by atoms with Crippen molar-refractivity contribution in [2.24, 2.45) is 0 Å². The van der Waals surface area contributed by atoms with Gasteiger partial charge in [0.2, 0.25) is 5.91 Å². The first kappa shape index (κ1) is 16.7. The van der Waals surface area contributed by atoms with Crippen LogP contribution in [0.4, 0.5) is 10.5 Å². The summed E-state index contributed by atoms with van der Waals surface area (Å²) < 4.78 is 0. The lowest BCUT2D eigenvalue weighted by Crippen LogP contribution is -2.40. The highest BCUT2D eigenvalue weighted by molar-refractivity contribution is 8.00. The summed E-state index contributed by atoms with van der Waals surface area (Å²) in [5.41, 5.74) is 6.29. The predicted molar refractivity (Wildman–Crippen MR) is 83.0 cm³/mol. The largest absolute Gasteiger partial charge is 0.398 e. The number of urea groups is 1. The molecule has 7 heteroatoms. The SMILES string of the molecule is CCCCNC(=O)NC(=O)CSc1c(N)cccc1Cl. The monoisotopic (exact) mass is 315 g/mol. The molecule has 0 saturated carbocycles. The molecule has 0 fully saturated rings. The minimum Gasteiger partial charge on any atom is -0.398 e. The maximum Gasteiger partial charge on any atom is 0.321 e. The van der Waals surface area contributed by atoms with Gasteiger partial charge in [-0.2, -0.15) is 0 Å². The summed E-state index contributed by atoms with van der Waals surface area (Å²) in [6.07, 6.45) is 1.86. The summed E-state index contributed by atoms with van der Waals surface area (Å²) in [4.78, 5) is 23.6. The molecule has 0 saturated heterocycles. The van der Waals surface area contributed by atoms with Gasteiger partial charge in [0.15, 0.2) is 0 Å². The van der Waals surface area contributed by atoms with Crippen molar-refractivity contribution in [2.45, 2.75) is 24.7 Å². The molecule has 0 radical (unpaired) electrons. The van der Waals surface area contributed by atoms with Gasteiger partial charge in [-0.3, -0.25) is 10.1 Å². The molecule has 20 heavy (non-hydrogen) atoms. The molecule has 110 valence electrons. The molecule has 0 aliphatic rings. The smallest absolute Gasteiger partial charge is 0.321 e. The second kappa shape index (κ2) is 8.71. The second-order valence-electron chi connectivity index (χ2n) is 4.10. The van der Waals surface area contributed by atoms with Crippen LogP contribution < -0.4 is 16.4 Å².